The minimum absolute atomic E-state index is 0.198. The Labute approximate surface area is 104 Å². The van der Waals surface area contributed by atoms with Gasteiger partial charge in [-0.15, -0.1) is 0 Å². The maximum absolute atomic E-state index is 11.7. The quantitative estimate of drug-likeness (QED) is 0.671. The number of benzene rings is 1. The molecule has 0 radical (unpaired) electrons. The van der Waals surface area contributed by atoms with Crippen molar-refractivity contribution in [1.82, 2.24) is 4.83 Å². The highest BCUT2D eigenvalue weighted by Gasteiger charge is 2.11. The lowest BCUT2D eigenvalue weighted by Crippen LogP contribution is -2.18. The third-order valence-electron chi connectivity index (χ3n) is 1.81. The Kier molecular flexibility index (Phi) is 4.95. The van der Waals surface area contributed by atoms with Crippen LogP contribution in [0.2, 0.25) is 0 Å². The molecule has 0 aliphatic carbocycles. The summed E-state index contributed by atoms with van der Waals surface area (Å²) < 4.78 is 24.2. The molecule has 0 spiro atoms. The van der Waals surface area contributed by atoms with Crippen molar-refractivity contribution in [3.8, 4) is 0 Å². The smallest absolute Gasteiger partial charge is 0.200 e. The van der Waals surface area contributed by atoms with E-state index in [2.05, 4.69) is 25.9 Å². The van der Waals surface area contributed by atoms with E-state index in [1.165, 1.54) is 12.1 Å². The van der Waals surface area contributed by atoms with Crippen LogP contribution in [0, 0.1) is 0 Å². The lowest BCUT2D eigenvalue weighted by Gasteiger charge is -2.02. The fourth-order valence-electron chi connectivity index (χ4n) is 0.967. The molecular weight excluding hydrogens is 292 g/mol. The molecule has 1 aromatic rings. The van der Waals surface area contributed by atoms with E-state index in [0.29, 0.717) is 0 Å². The molecule has 0 aliphatic heterocycles. The summed E-state index contributed by atoms with van der Waals surface area (Å²) in [6.45, 7) is 2.00. The summed E-state index contributed by atoms with van der Waals surface area (Å²) in [7, 11) is -3.53. The van der Waals surface area contributed by atoms with Crippen LogP contribution in [-0.2, 0) is 10.0 Å². The molecule has 0 atom stereocenters. The van der Waals surface area contributed by atoms with E-state index in [1.807, 2.05) is 6.92 Å². The van der Waals surface area contributed by atoms with E-state index in [4.69, 9.17) is 0 Å². The first kappa shape index (κ1) is 13.2. The topological polar surface area (TPSA) is 58.5 Å². The fourth-order valence-corrected chi connectivity index (χ4v) is 2.04. The molecule has 0 saturated heterocycles. The van der Waals surface area contributed by atoms with Gasteiger partial charge in [0.15, 0.2) is 0 Å². The minimum Gasteiger partial charge on any atom is -0.200 e. The number of unbranched alkanes of at least 4 members (excludes halogenated alkanes) is 1. The third-order valence-corrected chi connectivity index (χ3v) is 3.57. The molecule has 16 heavy (non-hydrogen) atoms. The van der Waals surface area contributed by atoms with Crippen molar-refractivity contribution in [2.45, 2.75) is 24.7 Å². The largest absolute Gasteiger partial charge is 0.276 e. The predicted octanol–water partition coefficient (Wildman–Crippen LogP) is 2.51. The first-order valence-corrected chi connectivity index (χ1v) is 7.13. The Balaban J connectivity index is 2.74. The van der Waals surface area contributed by atoms with Gasteiger partial charge in [0.25, 0.3) is 10.0 Å². The summed E-state index contributed by atoms with van der Waals surface area (Å²) in [5.41, 5.74) is 0. The van der Waals surface area contributed by atoms with Crippen LogP contribution in [0.15, 0.2) is 38.7 Å². The molecule has 0 bridgehead atoms. The van der Waals surface area contributed by atoms with Gasteiger partial charge in [-0.3, -0.25) is 0 Å². The summed E-state index contributed by atoms with van der Waals surface area (Å²) in [5.74, 6) is 0. The van der Waals surface area contributed by atoms with Crippen LogP contribution in [0.1, 0.15) is 19.8 Å². The third kappa shape index (κ3) is 3.94. The van der Waals surface area contributed by atoms with Gasteiger partial charge in [0.1, 0.15) is 0 Å². The van der Waals surface area contributed by atoms with E-state index in [-0.39, 0.29) is 4.90 Å². The maximum Gasteiger partial charge on any atom is 0.276 e. The highest BCUT2D eigenvalue weighted by molar-refractivity contribution is 9.10. The van der Waals surface area contributed by atoms with Gasteiger partial charge in [-0.2, -0.15) is 13.5 Å². The number of sulfonamides is 1. The van der Waals surface area contributed by atoms with Crippen molar-refractivity contribution in [1.29, 1.82) is 0 Å². The van der Waals surface area contributed by atoms with Gasteiger partial charge in [-0.25, -0.2) is 4.83 Å². The van der Waals surface area contributed by atoms with E-state index in [0.717, 1.165) is 17.3 Å². The molecule has 0 fully saturated rings. The Bertz CT molecular complexity index is 454. The summed E-state index contributed by atoms with van der Waals surface area (Å²) in [4.78, 5) is 2.35. The van der Waals surface area contributed by atoms with Gasteiger partial charge >= 0.3 is 0 Å². The molecule has 1 N–H and O–H groups in total. The first-order chi connectivity index (χ1) is 7.56. The molecule has 0 aliphatic rings. The van der Waals surface area contributed by atoms with Crippen LogP contribution in [0.5, 0.6) is 0 Å². The molecular formula is C10H13BrN2O2S. The second-order valence-electron chi connectivity index (χ2n) is 3.15. The second kappa shape index (κ2) is 6.00. The average molecular weight is 305 g/mol. The molecule has 4 nitrogen and oxygen atoms in total. The molecule has 0 amide bonds. The summed E-state index contributed by atoms with van der Waals surface area (Å²) in [5, 5.41) is 3.66. The average Bonchev–Trinajstić information content (AvgIpc) is 2.25. The standard InChI is InChI=1S/C10H13BrN2O2S/c1-2-3-8-12-13-16(14,15)10-6-4-9(11)5-7-10/h4-8,13H,2-3H2,1H3/b12-8+. The molecule has 0 unspecified atom stereocenters. The van der Waals surface area contributed by atoms with Gasteiger partial charge in [-0.05, 0) is 30.7 Å². The summed E-state index contributed by atoms with van der Waals surface area (Å²) in [6.07, 6.45) is 3.24. The van der Waals surface area contributed by atoms with E-state index >= 15 is 0 Å². The zero-order chi connectivity index (χ0) is 12.0. The van der Waals surface area contributed by atoms with Crippen molar-refractivity contribution < 1.29 is 8.42 Å². The van der Waals surface area contributed by atoms with Crippen molar-refractivity contribution in [2.75, 3.05) is 0 Å². The SMILES string of the molecule is CCC/C=N/NS(=O)(=O)c1ccc(Br)cc1. The molecule has 1 aromatic carbocycles. The molecule has 0 saturated carbocycles. The Morgan fingerprint density at radius 2 is 2.00 bits per heavy atom. The van der Waals surface area contributed by atoms with Gasteiger partial charge in [0, 0.05) is 10.7 Å². The highest BCUT2D eigenvalue weighted by atomic mass is 79.9. The normalized spacial score (nSPS) is 11.9. The van der Waals surface area contributed by atoms with Crippen LogP contribution in [-0.4, -0.2) is 14.6 Å². The van der Waals surface area contributed by atoms with E-state index in [9.17, 15) is 8.42 Å². The van der Waals surface area contributed by atoms with Crippen molar-refractivity contribution in [2.24, 2.45) is 5.10 Å². The van der Waals surface area contributed by atoms with Crippen LogP contribution in [0.3, 0.4) is 0 Å². The van der Waals surface area contributed by atoms with Crippen molar-refractivity contribution >= 4 is 32.2 Å². The van der Waals surface area contributed by atoms with Gasteiger partial charge in [0.05, 0.1) is 4.90 Å². The monoisotopic (exact) mass is 304 g/mol. The molecule has 6 heteroatoms. The van der Waals surface area contributed by atoms with Crippen LogP contribution < -0.4 is 4.83 Å². The molecule has 0 aromatic heterocycles. The van der Waals surface area contributed by atoms with Crippen LogP contribution >= 0.6 is 15.9 Å². The summed E-state index contributed by atoms with van der Waals surface area (Å²) >= 11 is 3.24. The summed E-state index contributed by atoms with van der Waals surface area (Å²) in [6, 6.07) is 6.37. The van der Waals surface area contributed by atoms with Gasteiger partial charge in [-0.1, -0.05) is 29.3 Å². The number of nitrogens with zero attached hydrogens (tertiary/aromatic N) is 1. The minimum atomic E-state index is -3.53. The van der Waals surface area contributed by atoms with E-state index < -0.39 is 10.0 Å². The van der Waals surface area contributed by atoms with Gasteiger partial charge < -0.3 is 0 Å². The Morgan fingerprint density at radius 1 is 1.38 bits per heavy atom. The fraction of sp³-hybridized carbons (Fsp3) is 0.300. The second-order valence-corrected chi connectivity index (χ2v) is 5.73. The number of halogens is 1. The zero-order valence-electron chi connectivity index (χ0n) is 8.85. The number of hydrogen-bond acceptors (Lipinski definition) is 3. The maximum atomic E-state index is 11.7. The molecule has 1 rings (SSSR count). The zero-order valence-corrected chi connectivity index (χ0v) is 11.3. The van der Waals surface area contributed by atoms with Crippen LogP contribution in [0.25, 0.3) is 0 Å². The van der Waals surface area contributed by atoms with E-state index in [1.54, 1.807) is 18.3 Å². The number of rotatable bonds is 5. The molecule has 88 valence electrons. The number of nitrogens with one attached hydrogen (secondary N) is 1. The van der Waals surface area contributed by atoms with Crippen molar-refractivity contribution in [3.63, 3.8) is 0 Å². The lowest BCUT2D eigenvalue weighted by atomic mass is 10.4. The van der Waals surface area contributed by atoms with Crippen molar-refractivity contribution in [3.05, 3.63) is 28.7 Å². The molecule has 0 heterocycles. The van der Waals surface area contributed by atoms with Gasteiger partial charge in [0.2, 0.25) is 0 Å². The predicted molar refractivity (Wildman–Crippen MR) is 67.9 cm³/mol. The number of hydrazone groups is 1. The number of hydrogen-bond donors (Lipinski definition) is 1. The Hall–Kier alpha value is -0.880. The van der Waals surface area contributed by atoms with Crippen LogP contribution in [0.4, 0.5) is 0 Å². The first-order valence-electron chi connectivity index (χ1n) is 4.85. The highest BCUT2D eigenvalue weighted by Crippen LogP contribution is 2.14. The lowest BCUT2D eigenvalue weighted by molar-refractivity contribution is 0.584. The Morgan fingerprint density at radius 3 is 2.56 bits per heavy atom.